The molecule has 0 saturated heterocycles. The van der Waals surface area contributed by atoms with Gasteiger partial charge in [-0.2, -0.15) is 0 Å². The Morgan fingerprint density at radius 3 is 2.58 bits per heavy atom. The van der Waals surface area contributed by atoms with E-state index in [1.54, 1.807) is 0 Å². The number of rotatable bonds is 2. The molecule has 1 unspecified atom stereocenters. The highest BCUT2D eigenvalue weighted by Crippen LogP contribution is 2.36. The van der Waals surface area contributed by atoms with E-state index in [1.165, 1.54) is 5.56 Å². The van der Waals surface area contributed by atoms with Crippen molar-refractivity contribution >= 4 is 6.08 Å². The quantitative estimate of drug-likeness (QED) is 0.885. The van der Waals surface area contributed by atoms with E-state index in [4.69, 9.17) is 4.74 Å². The van der Waals surface area contributed by atoms with Gasteiger partial charge in [-0.3, -0.25) is 0 Å². The number of benzene rings is 2. The maximum atomic E-state index is 9.77. The van der Waals surface area contributed by atoms with Crippen molar-refractivity contribution in [3.8, 4) is 5.75 Å². The third kappa shape index (κ3) is 2.69. The molecule has 3 rings (SSSR count). The normalized spacial score (nSPS) is 21.9. The lowest BCUT2D eigenvalue weighted by Crippen LogP contribution is -2.24. The minimum absolute atomic E-state index is 0.195. The highest BCUT2D eigenvalue weighted by Gasteiger charge is 2.24. The van der Waals surface area contributed by atoms with Gasteiger partial charge in [0, 0.05) is 17.9 Å². The molecule has 0 bridgehead atoms. The van der Waals surface area contributed by atoms with E-state index in [9.17, 15) is 5.11 Å². The van der Waals surface area contributed by atoms with Crippen LogP contribution in [0.25, 0.3) is 6.08 Å². The van der Waals surface area contributed by atoms with E-state index in [2.05, 4.69) is 30.4 Å². The summed E-state index contributed by atoms with van der Waals surface area (Å²) < 4.78 is 5.44. The molecule has 2 heteroatoms. The first-order valence-corrected chi connectivity index (χ1v) is 6.50. The number of hydrogen-bond acceptors (Lipinski definition) is 2. The van der Waals surface area contributed by atoms with Crippen LogP contribution in [0.4, 0.5) is 0 Å². The van der Waals surface area contributed by atoms with E-state index in [0.29, 0.717) is 6.42 Å². The smallest absolute Gasteiger partial charge is 0.198 e. The van der Waals surface area contributed by atoms with E-state index in [1.807, 2.05) is 36.4 Å². The van der Waals surface area contributed by atoms with Crippen LogP contribution in [0.5, 0.6) is 5.75 Å². The molecule has 0 spiro atoms. The van der Waals surface area contributed by atoms with Crippen LogP contribution in [-0.4, -0.2) is 11.4 Å². The van der Waals surface area contributed by atoms with Crippen LogP contribution in [0.3, 0.4) is 0 Å². The standard InChI is InChI=1S/C17H16O2/c18-17-12-14(11-10-13-6-2-1-3-7-13)15-8-4-5-9-16(15)19-17/h1-11,14,17-18H,12H2/t14-,17?/m0/s1. The fourth-order valence-electron chi connectivity index (χ4n) is 2.41. The monoisotopic (exact) mass is 252 g/mol. The second kappa shape index (κ2) is 5.29. The molecule has 0 amide bonds. The second-order valence-corrected chi connectivity index (χ2v) is 4.72. The Labute approximate surface area is 113 Å². The van der Waals surface area contributed by atoms with Gasteiger partial charge >= 0.3 is 0 Å². The topological polar surface area (TPSA) is 29.5 Å². The van der Waals surface area contributed by atoms with Crippen LogP contribution in [0.15, 0.2) is 60.7 Å². The van der Waals surface area contributed by atoms with Crippen LogP contribution < -0.4 is 4.74 Å². The van der Waals surface area contributed by atoms with Gasteiger partial charge in [-0.05, 0) is 11.6 Å². The molecule has 1 heterocycles. The average Bonchev–Trinajstić information content (AvgIpc) is 2.45. The largest absolute Gasteiger partial charge is 0.465 e. The van der Waals surface area contributed by atoms with Crippen molar-refractivity contribution in [2.45, 2.75) is 18.6 Å². The van der Waals surface area contributed by atoms with Crippen molar-refractivity contribution in [1.29, 1.82) is 0 Å². The molecule has 0 aliphatic carbocycles. The molecule has 0 radical (unpaired) electrons. The van der Waals surface area contributed by atoms with Crippen LogP contribution in [0, 0.1) is 0 Å². The highest BCUT2D eigenvalue weighted by molar-refractivity contribution is 5.52. The van der Waals surface area contributed by atoms with E-state index >= 15 is 0 Å². The maximum absolute atomic E-state index is 9.77. The molecule has 2 atom stereocenters. The van der Waals surface area contributed by atoms with Gasteiger partial charge in [-0.1, -0.05) is 60.7 Å². The Kier molecular flexibility index (Phi) is 3.34. The van der Waals surface area contributed by atoms with Crippen molar-refractivity contribution in [1.82, 2.24) is 0 Å². The number of ether oxygens (including phenoxy) is 1. The fourth-order valence-corrected chi connectivity index (χ4v) is 2.41. The van der Waals surface area contributed by atoms with Crippen LogP contribution in [0.1, 0.15) is 23.5 Å². The Balaban J connectivity index is 1.87. The van der Waals surface area contributed by atoms with Gasteiger partial charge in [0.2, 0.25) is 0 Å². The van der Waals surface area contributed by atoms with E-state index in [0.717, 1.165) is 11.3 Å². The summed E-state index contributed by atoms with van der Waals surface area (Å²) in [5.41, 5.74) is 2.31. The number of hydrogen-bond donors (Lipinski definition) is 1. The molecule has 2 aromatic rings. The third-order valence-corrected chi connectivity index (χ3v) is 3.36. The van der Waals surface area contributed by atoms with Gasteiger partial charge < -0.3 is 9.84 Å². The Morgan fingerprint density at radius 1 is 1.00 bits per heavy atom. The lowest BCUT2D eigenvalue weighted by molar-refractivity contribution is -0.0352. The minimum Gasteiger partial charge on any atom is -0.465 e. The molecule has 0 aromatic heterocycles. The van der Waals surface area contributed by atoms with Crippen LogP contribution in [0.2, 0.25) is 0 Å². The summed E-state index contributed by atoms with van der Waals surface area (Å²) in [4.78, 5) is 0. The summed E-state index contributed by atoms with van der Waals surface area (Å²) in [5, 5.41) is 9.77. The van der Waals surface area contributed by atoms with Gasteiger partial charge in [0.25, 0.3) is 0 Å². The Hall–Kier alpha value is -2.06. The van der Waals surface area contributed by atoms with E-state index < -0.39 is 6.29 Å². The molecule has 19 heavy (non-hydrogen) atoms. The van der Waals surface area contributed by atoms with Crippen molar-refractivity contribution in [2.75, 3.05) is 0 Å². The number of aliphatic hydroxyl groups is 1. The highest BCUT2D eigenvalue weighted by atomic mass is 16.6. The molecular weight excluding hydrogens is 236 g/mol. The summed E-state index contributed by atoms with van der Waals surface area (Å²) in [5.74, 6) is 0.976. The fraction of sp³-hybridized carbons (Fsp3) is 0.176. The number of allylic oxidation sites excluding steroid dienone is 1. The number of fused-ring (bicyclic) bond motifs is 1. The molecule has 0 saturated carbocycles. The first kappa shape index (κ1) is 12.0. The zero-order valence-corrected chi connectivity index (χ0v) is 10.6. The number of aliphatic hydroxyl groups excluding tert-OH is 1. The summed E-state index contributed by atoms with van der Waals surface area (Å²) in [6.45, 7) is 0. The maximum Gasteiger partial charge on any atom is 0.198 e. The molecule has 2 aromatic carbocycles. The summed E-state index contributed by atoms with van der Waals surface area (Å²) in [7, 11) is 0. The molecule has 0 fully saturated rings. The lowest BCUT2D eigenvalue weighted by Gasteiger charge is -2.27. The van der Waals surface area contributed by atoms with Gasteiger partial charge in [-0.15, -0.1) is 0 Å². The molecule has 1 N–H and O–H groups in total. The molecule has 96 valence electrons. The molecule has 1 aliphatic rings. The summed E-state index contributed by atoms with van der Waals surface area (Å²) in [6.07, 6.45) is 4.11. The summed E-state index contributed by atoms with van der Waals surface area (Å²) in [6, 6.07) is 18.1. The van der Waals surface area contributed by atoms with Crippen LogP contribution in [-0.2, 0) is 0 Å². The van der Waals surface area contributed by atoms with Crippen molar-refractivity contribution < 1.29 is 9.84 Å². The Morgan fingerprint density at radius 2 is 1.74 bits per heavy atom. The molecular formula is C17H16O2. The molecule has 1 aliphatic heterocycles. The van der Waals surface area contributed by atoms with Crippen LogP contribution >= 0.6 is 0 Å². The first-order chi connectivity index (χ1) is 9.33. The lowest BCUT2D eigenvalue weighted by atomic mass is 9.91. The zero-order valence-electron chi connectivity index (χ0n) is 10.6. The number of para-hydroxylation sites is 1. The van der Waals surface area contributed by atoms with Gasteiger partial charge in [0.05, 0.1) is 0 Å². The van der Waals surface area contributed by atoms with Crippen molar-refractivity contribution in [3.05, 3.63) is 71.8 Å². The van der Waals surface area contributed by atoms with Crippen molar-refractivity contribution in [2.24, 2.45) is 0 Å². The summed E-state index contributed by atoms with van der Waals surface area (Å²) >= 11 is 0. The first-order valence-electron chi connectivity index (χ1n) is 6.50. The van der Waals surface area contributed by atoms with E-state index in [-0.39, 0.29) is 5.92 Å². The van der Waals surface area contributed by atoms with Gasteiger partial charge in [0.1, 0.15) is 5.75 Å². The SMILES string of the molecule is OC1C[C@H](C=Cc2ccccc2)c2ccccc2O1. The van der Waals surface area contributed by atoms with Crippen molar-refractivity contribution in [3.63, 3.8) is 0 Å². The van der Waals surface area contributed by atoms with Gasteiger partial charge in [0.15, 0.2) is 6.29 Å². The average molecular weight is 252 g/mol. The predicted octanol–water partition coefficient (Wildman–Crippen LogP) is 3.58. The van der Waals surface area contributed by atoms with Gasteiger partial charge in [-0.25, -0.2) is 0 Å². The Bertz CT molecular complexity index is 575. The molecule has 2 nitrogen and oxygen atoms in total. The third-order valence-electron chi connectivity index (χ3n) is 3.36. The predicted molar refractivity (Wildman–Crippen MR) is 75.9 cm³/mol. The minimum atomic E-state index is -0.722. The second-order valence-electron chi connectivity index (χ2n) is 4.72. The zero-order chi connectivity index (χ0) is 13.1.